The highest BCUT2D eigenvalue weighted by atomic mass is 16.1. The van der Waals surface area contributed by atoms with Gasteiger partial charge < -0.3 is 4.98 Å². The SMILES string of the molecule is Cc1ccncc1-c1nccc(=O)[nH]1. The van der Waals surface area contributed by atoms with Gasteiger partial charge in [-0.15, -0.1) is 0 Å². The van der Waals surface area contributed by atoms with Crippen LogP contribution in [0.4, 0.5) is 0 Å². The van der Waals surface area contributed by atoms with Crippen LogP contribution < -0.4 is 5.56 Å². The number of nitrogens with zero attached hydrogens (tertiary/aromatic N) is 2. The summed E-state index contributed by atoms with van der Waals surface area (Å²) in [6.07, 6.45) is 4.88. The van der Waals surface area contributed by atoms with Crippen molar-refractivity contribution in [1.29, 1.82) is 0 Å². The number of aromatic nitrogens is 3. The van der Waals surface area contributed by atoms with Gasteiger partial charge in [0.1, 0.15) is 5.82 Å². The van der Waals surface area contributed by atoms with Gasteiger partial charge >= 0.3 is 0 Å². The molecule has 0 spiro atoms. The predicted molar refractivity (Wildman–Crippen MR) is 52.8 cm³/mol. The molecule has 2 rings (SSSR count). The van der Waals surface area contributed by atoms with Gasteiger partial charge in [-0.1, -0.05) is 0 Å². The molecule has 0 amide bonds. The van der Waals surface area contributed by atoms with Gasteiger partial charge in [0.2, 0.25) is 0 Å². The molecule has 0 atom stereocenters. The van der Waals surface area contributed by atoms with Gasteiger partial charge in [-0.05, 0) is 18.6 Å². The number of aromatic amines is 1. The lowest BCUT2D eigenvalue weighted by Crippen LogP contribution is -2.06. The number of aryl methyl sites for hydroxylation is 1. The van der Waals surface area contributed by atoms with E-state index in [0.717, 1.165) is 11.1 Å². The first kappa shape index (κ1) is 8.62. The van der Waals surface area contributed by atoms with E-state index in [1.54, 1.807) is 12.4 Å². The Morgan fingerprint density at radius 2 is 2.14 bits per heavy atom. The molecule has 0 saturated heterocycles. The van der Waals surface area contributed by atoms with Gasteiger partial charge in [-0.3, -0.25) is 9.78 Å². The maximum Gasteiger partial charge on any atom is 0.251 e. The minimum absolute atomic E-state index is 0.154. The molecule has 0 aromatic carbocycles. The molecule has 4 nitrogen and oxygen atoms in total. The van der Waals surface area contributed by atoms with Crippen molar-refractivity contribution >= 4 is 0 Å². The molecular weight excluding hydrogens is 178 g/mol. The smallest absolute Gasteiger partial charge is 0.251 e. The second-order valence-electron chi connectivity index (χ2n) is 2.97. The molecule has 0 bridgehead atoms. The lowest BCUT2D eigenvalue weighted by molar-refractivity contribution is 1.11. The third kappa shape index (κ3) is 1.54. The standard InChI is InChI=1S/C10H9N3O/c1-7-2-4-11-6-8(7)10-12-5-3-9(14)13-10/h2-6H,1H3,(H,12,13,14). The molecule has 14 heavy (non-hydrogen) atoms. The van der Waals surface area contributed by atoms with E-state index in [1.165, 1.54) is 12.3 Å². The highest BCUT2D eigenvalue weighted by Gasteiger charge is 2.02. The summed E-state index contributed by atoms with van der Waals surface area (Å²) >= 11 is 0. The molecule has 2 aromatic rings. The number of rotatable bonds is 1. The van der Waals surface area contributed by atoms with Crippen molar-refractivity contribution in [1.82, 2.24) is 15.0 Å². The summed E-state index contributed by atoms with van der Waals surface area (Å²) in [5.41, 5.74) is 1.73. The molecule has 0 saturated carbocycles. The molecule has 0 radical (unpaired) electrons. The first-order valence-corrected chi connectivity index (χ1v) is 4.24. The van der Waals surface area contributed by atoms with E-state index in [4.69, 9.17) is 0 Å². The molecule has 2 heterocycles. The number of hydrogen-bond acceptors (Lipinski definition) is 3. The molecular formula is C10H9N3O. The summed E-state index contributed by atoms with van der Waals surface area (Å²) in [6, 6.07) is 3.26. The average Bonchev–Trinajstić information content (AvgIpc) is 2.18. The molecule has 0 aliphatic heterocycles. The van der Waals surface area contributed by atoms with Crippen molar-refractivity contribution in [3.63, 3.8) is 0 Å². The van der Waals surface area contributed by atoms with Crippen LogP contribution in [0.25, 0.3) is 11.4 Å². The topological polar surface area (TPSA) is 58.6 Å². The van der Waals surface area contributed by atoms with Gasteiger partial charge in [0.25, 0.3) is 5.56 Å². The predicted octanol–water partition coefficient (Wildman–Crippen LogP) is 1.14. The Hall–Kier alpha value is -1.97. The fraction of sp³-hybridized carbons (Fsp3) is 0.100. The maximum absolute atomic E-state index is 11.1. The van der Waals surface area contributed by atoms with Gasteiger partial charge in [-0.25, -0.2) is 4.98 Å². The quantitative estimate of drug-likeness (QED) is 0.728. The van der Waals surface area contributed by atoms with E-state index >= 15 is 0 Å². The third-order valence-electron chi connectivity index (χ3n) is 1.97. The summed E-state index contributed by atoms with van der Waals surface area (Å²) in [5.74, 6) is 0.558. The number of pyridine rings is 1. The first-order valence-electron chi connectivity index (χ1n) is 4.24. The Labute approximate surface area is 80.7 Å². The van der Waals surface area contributed by atoms with Crippen LogP contribution in [0.2, 0.25) is 0 Å². The van der Waals surface area contributed by atoms with Crippen molar-refractivity contribution in [2.75, 3.05) is 0 Å². The highest BCUT2D eigenvalue weighted by Crippen LogP contribution is 2.15. The van der Waals surface area contributed by atoms with E-state index in [0.29, 0.717) is 5.82 Å². The molecule has 4 heteroatoms. The van der Waals surface area contributed by atoms with E-state index in [2.05, 4.69) is 15.0 Å². The highest BCUT2D eigenvalue weighted by molar-refractivity contribution is 5.57. The van der Waals surface area contributed by atoms with Crippen LogP contribution in [0, 0.1) is 6.92 Å². The van der Waals surface area contributed by atoms with Crippen molar-refractivity contribution < 1.29 is 0 Å². The zero-order chi connectivity index (χ0) is 9.97. The second kappa shape index (κ2) is 3.41. The monoisotopic (exact) mass is 187 g/mol. The van der Waals surface area contributed by atoms with Crippen molar-refractivity contribution in [2.45, 2.75) is 6.92 Å². The van der Waals surface area contributed by atoms with Crippen molar-refractivity contribution in [2.24, 2.45) is 0 Å². The fourth-order valence-corrected chi connectivity index (χ4v) is 1.22. The zero-order valence-corrected chi connectivity index (χ0v) is 7.69. The van der Waals surface area contributed by atoms with Crippen LogP contribution >= 0.6 is 0 Å². The van der Waals surface area contributed by atoms with Crippen LogP contribution in [-0.4, -0.2) is 15.0 Å². The van der Waals surface area contributed by atoms with E-state index < -0.39 is 0 Å². The third-order valence-corrected chi connectivity index (χ3v) is 1.97. The Kier molecular flexibility index (Phi) is 2.10. The summed E-state index contributed by atoms with van der Waals surface area (Å²) < 4.78 is 0. The molecule has 0 fully saturated rings. The first-order chi connectivity index (χ1) is 6.77. The molecule has 1 N–H and O–H groups in total. The van der Waals surface area contributed by atoms with Crippen LogP contribution in [-0.2, 0) is 0 Å². The van der Waals surface area contributed by atoms with Gasteiger partial charge in [-0.2, -0.15) is 0 Å². The normalized spacial score (nSPS) is 10.1. The van der Waals surface area contributed by atoms with Crippen LogP contribution in [0.15, 0.2) is 35.5 Å². The lowest BCUT2D eigenvalue weighted by Gasteiger charge is -2.02. The van der Waals surface area contributed by atoms with E-state index in [-0.39, 0.29) is 5.56 Å². The summed E-state index contributed by atoms with van der Waals surface area (Å²) in [5, 5.41) is 0. The van der Waals surface area contributed by atoms with Gasteiger partial charge in [0.05, 0.1) is 0 Å². The number of nitrogens with one attached hydrogen (secondary N) is 1. The van der Waals surface area contributed by atoms with Crippen LogP contribution in [0.1, 0.15) is 5.56 Å². The number of H-pyrrole nitrogens is 1. The minimum atomic E-state index is -0.154. The lowest BCUT2D eigenvalue weighted by atomic mass is 10.1. The van der Waals surface area contributed by atoms with Crippen LogP contribution in [0.3, 0.4) is 0 Å². The van der Waals surface area contributed by atoms with Gasteiger partial charge in [0, 0.05) is 30.2 Å². The second-order valence-corrected chi connectivity index (χ2v) is 2.97. The summed E-state index contributed by atoms with van der Waals surface area (Å²) in [7, 11) is 0. The Balaban J connectivity index is 2.61. The molecule has 2 aromatic heterocycles. The maximum atomic E-state index is 11.1. The summed E-state index contributed by atoms with van der Waals surface area (Å²) in [4.78, 5) is 21.8. The average molecular weight is 187 g/mol. The molecule has 70 valence electrons. The fourth-order valence-electron chi connectivity index (χ4n) is 1.22. The molecule has 0 aliphatic rings. The Morgan fingerprint density at radius 3 is 2.86 bits per heavy atom. The minimum Gasteiger partial charge on any atom is -0.306 e. The largest absolute Gasteiger partial charge is 0.306 e. The van der Waals surface area contributed by atoms with Crippen LogP contribution in [0.5, 0.6) is 0 Å². The Bertz CT molecular complexity index is 504. The summed E-state index contributed by atoms with van der Waals surface area (Å²) in [6.45, 7) is 1.95. The van der Waals surface area contributed by atoms with E-state index in [9.17, 15) is 4.79 Å². The zero-order valence-electron chi connectivity index (χ0n) is 7.69. The number of hydrogen-bond donors (Lipinski definition) is 1. The van der Waals surface area contributed by atoms with Crippen molar-refractivity contribution in [3.05, 3.63) is 46.6 Å². The van der Waals surface area contributed by atoms with E-state index in [1.807, 2.05) is 13.0 Å². The molecule has 0 unspecified atom stereocenters. The Morgan fingerprint density at radius 1 is 1.29 bits per heavy atom. The van der Waals surface area contributed by atoms with Gasteiger partial charge in [0.15, 0.2) is 0 Å². The molecule has 0 aliphatic carbocycles. The van der Waals surface area contributed by atoms with Crippen molar-refractivity contribution in [3.8, 4) is 11.4 Å².